The van der Waals surface area contributed by atoms with Gasteiger partial charge in [-0.3, -0.25) is 9.69 Å². The monoisotopic (exact) mass is 253 g/mol. The van der Waals surface area contributed by atoms with E-state index in [1.807, 2.05) is 0 Å². The van der Waals surface area contributed by atoms with E-state index in [4.69, 9.17) is 14.6 Å². The van der Waals surface area contributed by atoms with Crippen LogP contribution in [0.2, 0.25) is 0 Å². The van der Waals surface area contributed by atoms with Gasteiger partial charge < -0.3 is 14.6 Å². The standard InChI is InChI=1S/C12H15NO5/c1-8(12(15)16)13(7-14)10-5-4-9(17-2)6-11(10)18-3/h4-8H,1-3H3,(H,15,16). The summed E-state index contributed by atoms with van der Waals surface area (Å²) in [6.07, 6.45) is 0.461. The molecule has 0 fully saturated rings. The second kappa shape index (κ2) is 5.90. The van der Waals surface area contributed by atoms with Gasteiger partial charge in [0.25, 0.3) is 0 Å². The van der Waals surface area contributed by atoms with E-state index >= 15 is 0 Å². The highest BCUT2D eigenvalue weighted by Gasteiger charge is 2.23. The molecule has 1 aromatic rings. The van der Waals surface area contributed by atoms with Crippen LogP contribution in [0.15, 0.2) is 18.2 Å². The van der Waals surface area contributed by atoms with Crippen molar-refractivity contribution in [1.82, 2.24) is 0 Å². The van der Waals surface area contributed by atoms with Crippen LogP contribution in [0.3, 0.4) is 0 Å². The molecule has 0 bridgehead atoms. The third-order valence-corrected chi connectivity index (χ3v) is 2.55. The average molecular weight is 253 g/mol. The van der Waals surface area contributed by atoms with Gasteiger partial charge in [0.1, 0.15) is 17.5 Å². The fourth-order valence-corrected chi connectivity index (χ4v) is 1.47. The Kier molecular flexibility index (Phi) is 4.53. The van der Waals surface area contributed by atoms with Crippen LogP contribution in [0.5, 0.6) is 11.5 Å². The van der Waals surface area contributed by atoms with E-state index in [0.29, 0.717) is 23.6 Å². The summed E-state index contributed by atoms with van der Waals surface area (Å²) in [5, 5.41) is 8.94. The van der Waals surface area contributed by atoms with Crippen LogP contribution in [-0.2, 0) is 9.59 Å². The third-order valence-electron chi connectivity index (χ3n) is 2.55. The SMILES string of the molecule is COc1ccc(N(C=O)C(C)C(=O)O)c(OC)c1. The lowest BCUT2D eigenvalue weighted by atomic mass is 10.2. The number of hydrogen-bond donors (Lipinski definition) is 1. The highest BCUT2D eigenvalue weighted by Crippen LogP contribution is 2.32. The summed E-state index contributed by atoms with van der Waals surface area (Å²) < 4.78 is 10.2. The summed E-state index contributed by atoms with van der Waals surface area (Å²) in [5.74, 6) is -0.168. The topological polar surface area (TPSA) is 76.1 Å². The van der Waals surface area contributed by atoms with E-state index in [0.717, 1.165) is 4.90 Å². The molecule has 6 nitrogen and oxygen atoms in total. The summed E-state index contributed by atoms with van der Waals surface area (Å²) in [4.78, 5) is 23.1. The van der Waals surface area contributed by atoms with Gasteiger partial charge in [0.15, 0.2) is 0 Å². The number of nitrogens with zero attached hydrogens (tertiary/aromatic N) is 1. The molecule has 0 aliphatic heterocycles. The summed E-state index contributed by atoms with van der Waals surface area (Å²) in [5.41, 5.74) is 0.378. The molecule has 0 aromatic heterocycles. The second-order valence-electron chi connectivity index (χ2n) is 3.56. The molecule has 18 heavy (non-hydrogen) atoms. The van der Waals surface area contributed by atoms with Crippen LogP contribution in [0.25, 0.3) is 0 Å². The molecule has 1 atom stereocenters. The predicted octanol–water partition coefficient (Wildman–Crippen LogP) is 1.14. The van der Waals surface area contributed by atoms with E-state index in [-0.39, 0.29) is 0 Å². The van der Waals surface area contributed by atoms with Gasteiger partial charge in [0.2, 0.25) is 6.41 Å². The van der Waals surface area contributed by atoms with Crippen molar-refractivity contribution in [3.63, 3.8) is 0 Å². The Hall–Kier alpha value is -2.24. The Morgan fingerprint density at radius 2 is 2.06 bits per heavy atom. The van der Waals surface area contributed by atoms with E-state index in [2.05, 4.69) is 0 Å². The van der Waals surface area contributed by atoms with Gasteiger partial charge in [-0.1, -0.05) is 0 Å². The van der Waals surface area contributed by atoms with Crippen molar-refractivity contribution in [2.75, 3.05) is 19.1 Å². The molecule has 1 amide bonds. The molecular formula is C12H15NO5. The lowest BCUT2D eigenvalue weighted by molar-refractivity contribution is -0.138. The number of anilines is 1. The number of carbonyl (C=O) groups excluding carboxylic acids is 1. The van der Waals surface area contributed by atoms with Crippen LogP contribution in [0.1, 0.15) is 6.92 Å². The van der Waals surface area contributed by atoms with E-state index < -0.39 is 12.0 Å². The predicted molar refractivity (Wildman–Crippen MR) is 65.2 cm³/mol. The number of carboxylic acids is 1. The molecule has 0 spiro atoms. The molecule has 0 aliphatic rings. The fourth-order valence-electron chi connectivity index (χ4n) is 1.47. The minimum Gasteiger partial charge on any atom is -0.497 e. The maximum Gasteiger partial charge on any atom is 0.326 e. The number of methoxy groups -OCH3 is 2. The van der Waals surface area contributed by atoms with Crippen molar-refractivity contribution >= 4 is 18.1 Å². The van der Waals surface area contributed by atoms with Gasteiger partial charge in [0.05, 0.1) is 19.9 Å². The van der Waals surface area contributed by atoms with Gasteiger partial charge in [-0.25, -0.2) is 4.79 Å². The van der Waals surface area contributed by atoms with Crippen molar-refractivity contribution in [1.29, 1.82) is 0 Å². The largest absolute Gasteiger partial charge is 0.497 e. The fraction of sp³-hybridized carbons (Fsp3) is 0.333. The highest BCUT2D eigenvalue weighted by molar-refractivity contribution is 5.89. The smallest absolute Gasteiger partial charge is 0.326 e. The van der Waals surface area contributed by atoms with Crippen LogP contribution >= 0.6 is 0 Å². The first-order valence-electron chi connectivity index (χ1n) is 5.23. The van der Waals surface area contributed by atoms with Gasteiger partial charge >= 0.3 is 5.97 Å². The van der Waals surface area contributed by atoms with Crippen LogP contribution in [-0.4, -0.2) is 37.7 Å². The molecule has 0 radical (unpaired) electrons. The molecule has 0 saturated carbocycles. The average Bonchev–Trinajstić information content (AvgIpc) is 2.39. The van der Waals surface area contributed by atoms with Crippen LogP contribution in [0, 0.1) is 0 Å². The lowest BCUT2D eigenvalue weighted by Gasteiger charge is -2.23. The number of ether oxygens (including phenoxy) is 2. The Balaban J connectivity index is 3.20. The quantitative estimate of drug-likeness (QED) is 0.769. The molecule has 1 N–H and O–H groups in total. The van der Waals surface area contributed by atoms with Gasteiger partial charge in [-0.2, -0.15) is 0 Å². The zero-order valence-corrected chi connectivity index (χ0v) is 10.4. The van der Waals surface area contributed by atoms with E-state index in [9.17, 15) is 9.59 Å². The number of carboxylic acid groups (broad SMARTS) is 1. The minimum absolute atomic E-state index is 0.370. The Morgan fingerprint density at radius 3 is 2.50 bits per heavy atom. The number of rotatable bonds is 6. The molecule has 0 heterocycles. The lowest BCUT2D eigenvalue weighted by Crippen LogP contribution is -2.38. The highest BCUT2D eigenvalue weighted by atomic mass is 16.5. The molecule has 1 unspecified atom stereocenters. The van der Waals surface area contributed by atoms with Gasteiger partial charge in [-0.15, -0.1) is 0 Å². The van der Waals surface area contributed by atoms with Gasteiger partial charge in [-0.05, 0) is 19.1 Å². The van der Waals surface area contributed by atoms with Crippen molar-refractivity contribution in [3.05, 3.63) is 18.2 Å². The first-order chi connectivity index (χ1) is 8.54. The molecule has 98 valence electrons. The van der Waals surface area contributed by atoms with Crippen molar-refractivity contribution in [3.8, 4) is 11.5 Å². The van der Waals surface area contributed by atoms with Crippen molar-refractivity contribution in [2.24, 2.45) is 0 Å². The van der Waals surface area contributed by atoms with Crippen LogP contribution in [0.4, 0.5) is 5.69 Å². The number of aliphatic carboxylic acids is 1. The van der Waals surface area contributed by atoms with Crippen LogP contribution < -0.4 is 14.4 Å². The summed E-state index contributed by atoms with van der Waals surface area (Å²) >= 11 is 0. The zero-order valence-electron chi connectivity index (χ0n) is 10.4. The first-order valence-corrected chi connectivity index (χ1v) is 5.23. The zero-order chi connectivity index (χ0) is 13.7. The Morgan fingerprint density at radius 1 is 1.39 bits per heavy atom. The third kappa shape index (κ3) is 2.71. The number of carbonyl (C=O) groups is 2. The molecule has 1 rings (SSSR count). The number of hydrogen-bond acceptors (Lipinski definition) is 4. The number of benzene rings is 1. The summed E-state index contributed by atoms with van der Waals surface area (Å²) in [6.45, 7) is 1.42. The molecule has 0 aliphatic carbocycles. The summed E-state index contributed by atoms with van der Waals surface area (Å²) in [6, 6.07) is 3.80. The van der Waals surface area contributed by atoms with Crippen molar-refractivity contribution in [2.45, 2.75) is 13.0 Å². The molecule has 6 heteroatoms. The normalized spacial score (nSPS) is 11.5. The van der Waals surface area contributed by atoms with Gasteiger partial charge in [0, 0.05) is 6.07 Å². The maximum atomic E-state index is 11.0. The van der Waals surface area contributed by atoms with E-state index in [1.165, 1.54) is 21.1 Å². The Bertz CT molecular complexity index is 446. The molecule has 0 saturated heterocycles. The summed E-state index contributed by atoms with van der Waals surface area (Å²) in [7, 11) is 2.94. The van der Waals surface area contributed by atoms with E-state index in [1.54, 1.807) is 18.2 Å². The maximum absolute atomic E-state index is 11.0. The Labute approximate surface area is 105 Å². The minimum atomic E-state index is -1.10. The second-order valence-corrected chi connectivity index (χ2v) is 3.56. The number of amides is 1. The molecular weight excluding hydrogens is 238 g/mol. The van der Waals surface area contributed by atoms with Crippen molar-refractivity contribution < 1.29 is 24.2 Å². The first kappa shape index (κ1) is 13.8. The molecule has 1 aromatic carbocycles.